The average molecular weight is 448 g/mol. The standard InChI is InChI=1S/C22H17F5N4O/c1-11-22(13-2-5-15(23)6-3-13,14-4-7-17(19(26)27)28-10-14)31-20(30-11)12-8-16(18(24)25)21(32)29-9-12/h2-11,18-19H,1H3,(H,29,32)(H,30,31)/t11-,22+/m0/s1. The van der Waals surface area contributed by atoms with Gasteiger partial charge in [0.05, 0.1) is 11.6 Å². The van der Waals surface area contributed by atoms with Crippen LogP contribution in [0.1, 0.15) is 47.7 Å². The van der Waals surface area contributed by atoms with Crippen LogP contribution in [0.2, 0.25) is 0 Å². The summed E-state index contributed by atoms with van der Waals surface area (Å²) in [4.78, 5) is 22.3. The molecule has 2 atom stereocenters. The Bertz CT molecular complexity index is 1210. The molecule has 1 aliphatic rings. The zero-order chi connectivity index (χ0) is 23.0. The van der Waals surface area contributed by atoms with Gasteiger partial charge >= 0.3 is 0 Å². The van der Waals surface area contributed by atoms with Gasteiger partial charge in [0.15, 0.2) is 0 Å². The third-order valence-electron chi connectivity index (χ3n) is 5.47. The summed E-state index contributed by atoms with van der Waals surface area (Å²) in [6, 6.07) is 8.68. The van der Waals surface area contributed by atoms with Gasteiger partial charge in [0, 0.05) is 23.5 Å². The molecule has 4 rings (SSSR count). The fourth-order valence-corrected chi connectivity index (χ4v) is 3.83. The first-order chi connectivity index (χ1) is 15.2. The van der Waals surface area contributed by atoms with Crippen molar-refractivity contribution in [2.45, 2.75) is 31.4 Å². The molecule has 166 valence electrons. The number of aromatic amines is 1. The minimum atomic E-state index is -2.98. The maximum atomic E-state index is 13.6. The predicted molar refractivity (Wildman–Crippen MR) is 108 cm³/mol. The molecule has 0 amide bonds. The van der Waals surface area contributed by atoms with Crippen LogP contribution in [-0.2, 0) is 5.54 Å². The monoisotopic (exact) mass is 448 g/mol. The fourth-order valence-electron chi connectivity index (χ4n) is 3.83. The Labute approximate surface area is 179 Å². The molecule has 0 saturated carbocycles. The molecule has 32 heavy (non-hydrogen) atoms. The molecule has 3 aromatic rings. The van der Waals surface area contributed by atoms with Crippen molar-refractivity contribution in [2.24, 2.45) is 4.99 Å². The van der Waals surface area contributed by atoms with Crippen LogP contribution in [0.4, 0.5) is 22.0 Å². The summed E-state index contributed by atoms with van der Waals surface area (Å²) in [6.07, 6.45) is -3.19. The molecular formula is C22H17F5N4O. The van der Waals surface area contributed by atoms with Crippen molar-refractivity contribution < 1.29 is 22.0 Å². The van der Waals surface area contributed by atoms with E-state index >= 15 is 0 Å². The van der Waals surface area contributed by atoms with Crippen LogP contribution in [0.25, 0.3) is 0 Å². The minimum Gasteiger partial charge on any atom is -0.354 e. The smallest absolute Gasteiger partial charge is 0.280 e. The first kappa shape index (κ1) is 21.7. The number of hydrogen-bond acceptors (Lipinski definition) is 4. The van der Waals surface area contributed by atoms with E-state index in [1.54, 1.807) is 6.92 Å². The number of rotatable bonds is 5. The topological polar surface area (TPSA) is 70.1 Å². The molecule has 10 heteroatoms. The fraction of sp³-hybridized carbons (Fsp3) is 0.227. The molecule has 1 aromatic carbocycles. The van der Waals surface area contributed by atoms with Crippen molar-refractivity contribution in [3.8, 4) is 0 Å². The first-order valence-corrected chi connectivity index (χ1v) is 9.60. The molecule has 3 heterocycles. The number of nitrogens with one attached hydrogen (secondary N) is 2. The SMILES string of the molecule is C[C@@H]1N=C(c2c[nH]c(=O)c(C(F)F)c2)N[C@]1(c1ccc(F)cc1)c1ccc(C(F)F)nc1. The van der Waals surface area contributed by atoms with E-state index in [4.69, 9.17) is 0 Å². The van der Waals surface area contributed by atoms with Crippen molar-refractivity contribution in [1.29, 1.82) is 0 Å². The number of pyridine rings is 2. The number of aromatic nitrogens is 2. The second kappa shape index (κ2) is 8.18. The van der Waals surface area contributed by atoms with E-state index < -0.39 is 47.1 Å². The third kappa shape index (κ3) is 3.65. The Hall–Kier alpha value is -3.56. The van der Waals surface area contributed by atoms with Gasteiger partial charge in [0.2, 0.25) is 0 Å². The number of H-pyrrole nitrogens is 1. The molecule has 0 radical (unpaired) electrons. The summed E-state index contributed by atoms with van der Waals surface area (Å²) in [5.74, 6) is -0.262. The number of hydrogen-bond donors (Lipinski definition) is 2. The van der Waals surface area contributed by atoms with Crippen LogP contribution in [0, 0.1) is 5.82 Å². The predicted octanol–water partition coefficient (Wildman–Crippen LogP) is 4.47. The third-order valence-corrected chi connectivity index (χ3v) is 5.47. The number of halogens is 5. The highest BCUT2D eigenvalue weighted by atomic mass is 19.3. The molecule has 2 aromatic heterocycles. The second-order valence-electron chi connectivity index (χ2n) is 7.34. The molecule has 1 aliphatic heterocycles. The Morgan fingerprint density at radius 1 is 1.00 bits per heavy atom. The minimum absolute atomic E-state index is 0.206. The number of amidine groups is 1. The van der Waals surface area contributed by atoms with Gasteiger partial charge in [0.1, 0.15) is 22.9 Å². The van der Waals surface area contributed by atoms with Crippen molar-refractivity contribution in [3.05, 3.63) is 99.0 Å². The van der Waals surface area contributed by atoms with Crippen LogP contribution in [0.5, 0.6) is 0 Å². The normalized spacial score (nSPS) is 20.5. The van der Waals surface area contributed by atoms with Crippen molar-refractivity contribution in [2.75, 3.05) is 0 Å². The van der Waals surface area contributed by atoms with Gasteiger partial charge in [-0.05, 0) is 36.8 Å². The van der Waals surface area contributed by atoms with Crippen molar-refractivity contribution in [1.82, 2.24) is 15.3 Å². The van der Waals surface area contributed by atoms with Gasteiger partial charge in [-0.2, -0.15) is 0 Å². The van der Waals surface area contributed by atoms with Crippen LogP contribution in [0.3, 0.4) is 0 Å². The summed E-state index contributed by atoms with van der Waals surface area (Å²) in [5, 5.41) is 3.19. The molecule has 5 nitrogen and oxygen atoms in total. The summed E-state index contributed by atoms with van der Waals surface area (Å²) < 4.78 is 66.0. The van der Waals surface area contributed by atoms with Crippen molar-refractivity contribution in [3.63, 3.8) is 0 Å². The van der Waals surface area contributed by atoms with Gasteiger partial charge in [-0.1, -0.05) is 18.2 Å². The summed E-state index contributed by atoms with van der Waals surface area (Å²) in [5.41, 5.74) is -1.91. The maximum absolute atomic E-state index is 13.6. The van der Waals surface area contributed by atoms with E-state index in [9.17, 15) is 26.7 Å². The van der Waals surface area contributed by atoms with E-state index in [0.717, 1.165) is 6.07 Å². The Morgan fingerprint density at radius 3 is 2.28 bits per heavy atom. The first-order valence-electron chi connectivity index (χ1n) is 9.60. The van der Waals surface area contributed by atoms with Crippen LogP contribution in [0.15, 0.2) is 64.6 Å². The molecule has 2 N–H and O–H groups in total. The molecule has 0 spiro atoms. The zero-order valence-electron chi connectivity index (χ0n) is 16.6. The molecule has 0 saturated heterocycles. The molecule has 0 bridgehead atoms. The lowest BCUT2D eigenvalue weighted by Crippen LogP contribution is -2.48. The number of aliphatic imine (C=N–C) groups is 1. The van der Waals surface area contributed by atoms with Gasteiger partial charge in [-0.15, -0.1) is 0 Å². The zero-order valence-corrected chi connectivity index (χ0v) is 16.6. The number of benzene rings is 1. The molecule has 0 fully saturated rings. The van der Waals surface area contributed by atoms with E-state index in [1.165, 1.54) is 48.8 Å². The molecule has 0 unspecified atom stereocenters. The van der Waals surface area contributed by atoms with E-state index in [-0.39, 0.29) is 11.4 Å². The van der Waals surface area contributed by atoms with E-state index in [1.807, 2.05) is 0 Å². The van der Waals surface area contributed by atoms with E-state index in [0.29, 0.717) is 11.1 Å². The Balaban J connectivity index is 1.82. The second-order valence-corrected chi connectivity index (χ2v) is 7.34. The Kier molecular flexibility index (Phi) is 5.53. The summed E-state index contributed by atoms with van der Waals surface area (Å²) >= 11 is 0. The largest absolute Gasteiger partial charge is 0.354 e. The van der Waals surface area contributed by atoms with Crippen LogP contribution < -0.4 is 10.9 Å². The Morgan fingerprint density at radius 2 is 1.69 bits per heavy atom. The number of alkyl halides is 4. The highest BCUT2D eigenvalue weighted by Crippen LogP contribution is 2.39. The lowest BCUT2D eigenvalue weighted by Gasteiger charge is -2.35. The summed E-state index contributed by atoms with van der Waals surface area (Å²) in [6.45, 7) is 1.74. The van der Waals surface area contributed by atoms with Gasteiger partial charge in [-0.25, -0.2) is 22.0 Å². The van der Waals surface area contributed by atoms with Crippen LogP contribution in [-0.4, -0.2) is 21.8 Å². The maximum Gasteiger partial charge on any atom is 0.280 e. The van der Waals surface area contributed by atoms with E-state index in [2.05, 4.69) is 20.3 Å². The quantitative estimate of drug-likeness (QED) is 0.566. The van der Waals surface area contributed by atoms with Crippen LogP contribution >= 0.6 is 0 Å². The lowest BCUT2D eigenvalue weighted by atomic mass is 9.79. The summed E-state index contributed by atoms with van der Waals surface area (Å²) in [7, 11) is 0. The van der Waals surface area contributed by atoms with Crippen molar-refractivity contribution >= 4 is 5.84 Å². The number of nitrogens with zero attached hydrogens (tertiary/aromatic N) is 2. The average Bonchev–Trinajstić information content (AvgIpc) is 3.12. The lowest BCUT2D eigenvalue weighted by molar-refractivity contribution is 0.146. The highest BCUT2D eigenvalue weighted by molar-refractivity contribution is 6.01. The molecular weight excluding hydrogens is 431 g/mol. The van der Waals surface area contributed by atoms with Gasteiger partial charge in [-0.3, -0.25) is 14.8 Å². The van der Waals surface area contributed by atoms with Gasteiger partial charge in [0.25, 0.3) is 18.4 Å². The highest BCUT2D eigenvalue weighted by Gasteiger charge is 2.45. The van der Waals surface area contributed by atoms with Gasteiger partial charge < -0.3 is 10.3 Å². The molecule has 0 aliphatic carbocycles.